The van der Waals surface area contributed by atoms with Crippen molar-refractivity contribution in [1.29, 1.82) is 0 Å². The quantitative estimate of drug-likeness (QED) is 0.0904. The van der Waals surface area contributed by atoms with Crippen LogP contribution in [0.5, 0.6) is 0 Å². The van der Waals surface area contributed by atoms with Gasteiger partial charge >= 0.3 is 0 Å². The van der Waals surface area contributed by atoms with Gasteiger partial charge in [0.15, 0.2) is 0 Å². The molecule has 0 heterocycles. The van der Waals surface area contributed by atoms with E-state index in [0.29, 0.717) is 13.2 Å². The van der Waals surface area contributed by atoms with Gasteiger partial charge in [-0.2, -0.15) is 0 Å². The zero-order valence-electron chi connectivity index (χ0n) is 26.5. The molecule has 0 aliphatic carbocycles. The minimum absolute atomic E-state index is 0.653. The summed E-state index contributed by atoms with van der Waals surface area (Å²) in [6.45, 7) is 16.4. The van der Waals surface area contributed by atoms with Gasteiger partial charge in [-0.25, -0.2) is 0 Å². The summed E-state index contributed by atoms with van der Waals surface area (Å²) < 4.78 is 12.4. The van der Waals surface area contributed by atoms with Crippen LogP contribution in [0.1, 0.15) is 116 Å². The molecule has 2 rings (SSSR count). The summed E-state index contributed by atoms with van der Waals surface area (Å²) >= 11 is 0. The summed E-state index contributed by atoms with van der Waals surface area (Å²) in [4.78, 5) is 4.99. The van der Waals surface area contributed by atoms with Gasteiger partial charge in [0.2, 0.25) is 0 Å². The van der Waals surface area contributed by atoms with Gasteiger partial charge in [0.25, 0.3) is 0 Å². The van der Waals surface area contributed by atoms with E-state index in [0.717, 1.165) is 39.6 Å². The normalized spacial score (nSPS) is 11.7. The molecule has 226 valence electrons. The number of unbranched alkanes of at least 4 members (excludes halogenated alkanes) is 8. The first-order valence-corrected chi connectivity index (χ1v) is 16.5. The molecule has 0 aliphatic rings. The summed E-state index contributed by atoms with van der Waals surface area (Å²) in [7, 11) is 0. The number of ether oxygens (including phenoxy) is 2. The van der Waals surface area contributed by atoms with E-state index < -0.39 is 0 Å². The van der Waals surface area contributed by atoms with E-state index in [1.165, 1.54) is 99.3 Å². The van der Waals surface area contributed by atoms with Gasteiger partial charge in [-0.3, -0.25) is 9.80 Å². The SMILES string of the molecule is CCCCCN(CCCCC)COCc1cccc(-c2cccc(COCN(CCCCC)CCCCC)c2)c1. The monoisotopic (exact) mass is 552 g/mol. The van der Waals surface area contributed by atoms with Crippen molar-refractivity contribution in [3.63, 3.8) is 0 Å². The lowest BCUT2D eigenvalue weighted by Gasteiger charge is -2.22. The Hall–Kier alpha value is -1.72. The molecular weight excluding hydrogens is 492 g/mol. The predicted octanol–water partition coefficient (Wildman–Crippen LogP) is 9.67. The molecule has 0 unspecified atom stereocenters. The smallest absolute Gasteiger partial charge is 0.0994 e. The van der Waals surface area contributed by atoms with Crippen molar-refractivity contribution in [2.75, 3.05) is 39.6 Å². The Morgan fingerprint density at radius 2 is 0.825 bits per heavy atom. The van der Waals surface area contributed by atoms with E-state index in [2.05, 4.69) is 86.0 Å². The van der Waals surface area contributed by atoms with E-state index in [1.807, 2.05) is 0 Å². The molecule has 4 nitrogen and oxygen atoms in total. The molecule has 4 heteroatoms. The maximum absolute atomic E-state index is 6.20. The topological polar surface area (TPSA) is 24.9 Å². The first-order chi connectivity index (χ1) is 19.7. The molecule has 0 aromatic heterocycles. The highest BCUT2D eigenvalue weighted by Crippen LogP contribution is 2.22. The van der Waals surface area contributed by atoms with Crippen molar-refractivity contribution in [2.45, 2.75) is 118 Å². The summed E-state index contributed by atoms with van der Waals surface area (Å²) in [5, 5.41) is 0. The van der Waals surface area contributed by atoms with Gasteiger partial charge in [0, 0.05) is 26.2 Å². The Morgan fingerprint density at radius 1 is 0.475 bits per heavy atom. The van der Waals surface area contributed by atoms with Gasteiger partial charge in [0.1, 0.15) is 0 Å². The Kier molecular flexibility index (Phi) is 19.7. The van der Waals surface area contributed by atoms with Crippen LogP contribution in [0, 0.1) is 0 Å². The van der Waals surface area contributed by atoms with Crippen molar-refractivity contribution in [1.82, 2.24) is 9.80 Å². The second kappa shape index (κ2) is 22.9. The Labute approximate surface area is 247 Å². The summed E-state index contributed by atoms with van der Waals surface area (Å²) in [6.07, 6.45) is 15.3. The van der Waals surface area contributed by atoms with E-state index in [1.54, 1.807) is 0 Å². The molecule has 0 spiro atoms. The van der Waals surface area contributed by atoms with E-state index >= 15 is 0 Å². The summed E-state index contributed by atoms with van der Waals surface area (Å²) in [6, 6.07) is 17.6. The molecule has 0 atom stereocenters. The van der Waals surface area contributed by atoms with Crippen molar-refractivity contribution in [3.05, 3.63) is 59.7 Å². The fraction of sp³-hybridized carbons (Fsp3) is 0.667. The lowest BCUT2D eigenvalue weighted by molar-refractivity contribution is 0.0169. The second-order valence-corrected chi connectivity index (χ2v) is 11.4. The third kappa shape index (κ3) is 15.3. The molecule has 2 aromatic carbocycles. The molecule has 0 amide bonds. The Morgan fingerprint density at radius 3 is 1.15 bits per heavy atom. The standard InChI is InChI=1S/C36H60N2O2/c1-5-9-13-23-37(24-14-10-6-2)31-39-29-33-19-17-21-35(27-33)36-22-18-20-34(28-36)30-40-32-38(25-15-11-7-3)26-16-12-8-4/h17-22,27-28H,5-16,23-26,29-32H2,1-4H3. The number of benzene rings is 2. The third-order valence-electron chi connectivity index (χ3n) is 7.58. The molecule has 2 aromatic rings. The van der Waals surface area contributed by atoms with Crippen molar-refractivity contribution in [2.24, 2.45) is 0 Å². The minimum atomic E-state index is 0.653. The Balaban J connectivity index is 1.88. The molecule has 0 saturated heterocycles. The lowest BCUT2D eigenvalue weighted by Crippen LogP contribution is -2.28. The second-order valence-electron chi connectivity index (χ2n) is 11.4. The number of hydrogen-bond acceptors (Lipinski definition) is 4. The van der Waals surface area contributed by atoms with Crippen LogP contribution in [-0.2, 0) is 22.7 Å². The molecule has 0 bridgehead atoms. The number of hydrogen-bond donors (Lipinski definition) is 0. The largest absolute Gasteiger partial charge is 0.361 e. The fourth-order valence-corrected chi connectivity index (χ4v) is 5.09. The number of nitrogens with zero attached hydrogens (tertiary/aromatic N) is 2. The maximum Gasteiger partial charge on any atom is 0.0994 e. The van der Waals surface area contributed by atoms with Crippen LogP contribution in [0.4, 0.5) is 0 Å². The lowest BCUT2D eigenvalue weighted by atomic mass is 10.0. The summed E-state index contributed by atoms with van der Waals surface area (Å²) in [5.74, 6) is 0. The van der Waals surface area contributed by atoms with Gasteiger partial charge in [0.05, 0.1) is 26.7 Å². The zero-order chi connectivity index (χ0) is 28.7. The third-order valence-corrected chi connectivity index (χ3v) is 7.58. The van der Waals surface area contributed by atoms with Crippen LogP contribution in [0.2, 0.25) is 0 Å². The van der Waals surface area contributed by atoms with Crippen LogP contribution in [0.3, 0.4) is 0 Å². The van der Waals surface area contributed by atoms with E-state index in [-0.39, 0.29) is 0 Å². The van der Waals surface area contributed by atoms with Crippen molar-refractivity contribution < 1.29 is 9.47 Å². The van der Waals surface area contributed by atoms with Crippen LogP contribution in [0.25, 0.3) is 11.1 Å². The molecule has 40 heavy (non-hydrogen) atoms. The highest BCUT2D eigenvalue weighted by Gasteiger charge is 2.08. The van der Waals surface area contributed by atoms with Crippen LogP contribution < -0.4 is 0 Å². The van der Waals surface area contributed by atoms with Crippen LogP contribution in [0.15, 0.2) is 48.5 Å². The summed E-state index contributed by atoms with van der Waals surface area (Å²) in [5.41, 5.74) is 4.95. The highest BCUT2D eigenvalue weighted by molar-refractivity contribution is 5.64. The maximum atomic E-state index is 6.20. The van der Waals surface area contributed by atoms with E-state index in [9.17, 15) is 0 Å². The molecule has 0 aliphatic heterocycles. The number of rotatable bonds is 25. The van der Waals surface area contributed by atoms with Crippen molar-refractivity contribution >= 4 is 0 Å². The van der Waals surface area contributed by atoms with Gasteiger partial charge in [-0.15, -0.1) is 0 Å². The van der Waals surface area contributed by atoms with Gasteiger partial charge in [-0.05, 0) is 60.1 Å². The molecule has 0 fully saturated rings. The average Bonchev–Trinajstić information content (AvgIpc) is 2.97. The average molecular weight is 553 g/mol. The van der Waals surface area contributed by atoms with E-state index in [4.69, 9.17) is 9.47 Å². The fourth-order valence-electron chi connectivity index (χ4n) is 5.09. The zero-order valence-corrected chi connectivity index (χ0v) is 26.5. The molecular formula is C36H60N2O2. The molecule has 0 N–H and O–H groups in total. The first kappa shape index (κ1) is 34.5. The van der Waals surface area contributed by atoms with Gasteiger partial charge in [-0.1, -0.05) is 115 Å². The Bertz CT molecular complexity index is 780. The molecule has 0 saturated carbocycles. The van der Waals surface area contributed by atoms with Gasteiger partial charge < -0.3 is 9.47 Å². The molecule has 0 radical (unpaired) electrons. The highest BCUT2D eigenvalue weighted by atomic mass is 16.5. The van der Waals surface area contributed by atoms with Crippen molar-refractivity contribution in [3.8, 4) is 11.1 Å². The first-order valence-electron chi connectivity index (χ1n) is 16.5. The van der Waals surface area contributed by atoms with Crippen LogP contribution in [-0.4, -0.2) is 49.4 Å². The predicted molar refractivity (Wildman–Crippen MR) is 172 cm³/mol. The minimum Gasteiger partial charge on any atom is -0.361 e. The van der Waals surface area contributed by atoms with Crippen LogP contribution >= 0.6 is 0 Å².